The molecule has 8 atom stereocenters. The summed E-state index contributed by atoms with van der Waals surface area (Å²) >= 11 is 0. The Labute approximate surface area is 231 Å². The largest absolute Gasteiger partial charge is 0.454 e. The molecule has 0 aliphatic heterocycles. The van der Waals surface area contributed by atoms with Crippen molar-refractivity contribution in [2.45, 2.75) is 68.7 Å². The van der Waals surface area contributed by atoms with Crippen molar-refractivity contribution in [3.05, 3.63) is 53.6 Å². The number of aliphatic hydroxyl groups excluding tert-OH is 1. The predicted molar refractivity (Wildman–Crippen MR) is 139 cm³/mol. The lowest BCUT2D eigenvalue weighted by Gasteiger charge is -2.62. The Bertz CT molecular complexity index is 1470. The van der Waals surface area contributed by atoms with Gasteiger partial charge in [-0.2, -0.15) is 8.42 Å². The number of rotatable bonds is 5. The normalized spacial score (nSPS) is 40.5. The van der Waals surface area contributed by atoms with Gasteiger partial charge >= 0.3 is 5.97 Å². The molecule has 1 aromatic rings. The summed E-state index contributed by atoms with van der Waals surface area (Å²) in [5.74, 6) is -3.86. The van der Waals surface area contributed by atoms with Gasteiger partial charge in [-0.15, -0.1) is 0 Å². The van der Waals surface area contributed by atoms with Gasteiger partial charge in [-0.05, 0) is 74.8 Å². The van der Waals surface area contributed by atoms with E-state index in [4.69, 9.17) is 4.74 Å². The van der Waals surface area contributed by atoms with E-state index in [9.17, 15) is 37.6 Å². The molecule has 4 aliphatic rings. The lowest BCUT2D eigenvalue weighted by atomic mass is 9.44. The Hall–Kier alpha value is -2.73. The number of carbonyl (C=O) groups excluding carboxylic acids is 3. The molecule has 0 unspecified atom stereocenters. The van der Waals surface area contributed by atoms with Gasteiger partial charge in [0, 0.05) is 16.7 Å². The molecule has 0 aromatic heterocycles. The van der Waals surface area contributed by atoms with Gasteiger partial charge in [-0.1, -0.05) is 31.6 Å². The van der Waals surface area contributed by atoms with Gasteiger partial charge in [0.1, 0.15) is 5.60 Å². The van der Waals surface area contributed by atoms with Gasteiger partial charge in [0.2, 0.25) is 5.78 Å². The number of allylic oxidation sites excluding steroid dienone is 4. The molecule has 1 aromatic carbocycles. The number of benzene rings is 1. The Kier molecular flexibility index (Phi) is 6.58. The molecule has 3 N–H and O–H groups in total. The minimum absolute atomic E-state index is 0.216. The van der Waals surface area contributed by atoms with E-state index in [0.717, 1.165) is 12.1 Å². The first-order chi connectivity index (χ1) is 18.5. The number of hydrogen-bond acceptors (Lipinski definition) is 8. The van der Waals surface area contributed by atoms with Crippen LogP contribution in [-0.2, 0) is 24.4 Å². The third kappa shape index (κ3) is 3.81. The van der Waals surface area contributed by atoms with Crippen LogP contribution in [0.3, 0.4) is 0 Å². The molecule has 3 fully saturated rings. The maximum atomic E-state index is 17.3. The first-order valence-electron chi connectivity index (χ1n) is 13.3. The molecule has 3 saturated carbocycles. The maximum absolute atomic E-state index is 17.3. The Morgan fingerprint density at radius 3 is 2.58 bits per heavy atom. The second-order valence-electron chi connectivity index (χ2n) is 12.2. The van der Waals surface area contributed by atoms with Gasteiger partial charge < -0.3 is 14.9 Å². The fourth-order valence-corrected chi connectivity index (χ4v) is 8.77. The zero-order valence-electron chi connectivity index (χ0n) is 22.5. The molecule has 0 bridgehead atoms. The number of hydrogen-bond donors (Lipinski definition) is 3. The summed E-state index contributed by atoms with van der Waals surface area (Å²) in [7, 11) is -4.57. The van der Waals surface area contributed by atoms with E-state index in [-0.39, 0.29) is 17.8 Å². The SMILES string of the molecule is C[C@H]1C[C@H]2[C@@H]3CCC4=CC(=O)C=C[C@@]4(C)[C@]3(F)[C@@H](O)C[C@@]2(C)[C@]1(O)C(=O)COC(=O)c1cccc(S(=O)(=O)O)c1. The molecule has 0 heterocycles. The van der Waals surface area contributed by atoms with Crippen molar-refractivity contribution in [1.82, 2.24) is 0 Å². The van der Waals surface area contributed by atoms with Crippen LogP contribution in [0.4, 0.5) is 4.39 Å². The van der Waals surface area contributed by atoms with Crippen molar-refractivity contribution in [3.63, 3.8) is 0 Å². The zero-order valence-corrected chi connectivity index (χ0v) is 23.3. The van der Waals surface area contributed by atoms with Crippen molar-refractivity contribution >= 4 is 27.7 Å². The van der Waals surface area contributed by atoms with Crippen molar-refractivity contribution in [1.29, 1.82) is 0 Å². The first kappa shape index (κ1) is 28.8. The quantitative estimate of drug-likeness (QED) is 0.354. The molecular formula is C29H33FO9S. The molecule has 9 nitrogen and oxygen atoms in total. The standard InChI is InChI=1S/C29H33FO9S/c1-16-11-22-21-8-7-18-13-19(31)9-10-26(18,2)28(21,30)23(32)14-27(22,3)29(16,35)24(33)15-39-25(34)17-5-4-6-20(12-17)40(36,37)38/h4-6,9-10,12-13,16,21-23,32,35H,7-8,11,14-15H2,1-3H3,(H,36,37,38)/t16-,21-,22-,23-,26+,27+,28+,29+/m0/s1. The average molecular weight is 577 g/mol. The van der Waals surface area contributed by atoms with Crippen molar-refractivity contribution in [2.75, 3.05) is 6.61 Å². The van der Waals surface area contributed by atoms with Gasteiger partial charge in [0.25, 0.3) is 10.1 Å². The van der Waals surface area contributed by atoms with Crippen LogP contribution in [0, 0.1) is 28.6 Å². The number of Topliss-reactive ketones (excluding diaryl/α,β-unsaturated/α-hetero) is 1. The van der Waals surface area contributed by atoms with E-state index in [1.807, 2.05) is 0 Å². The monoisotopic (exact) mass is 576 g/mol. The summed E-state index contributed by atoms with van der Waals surface area (Å²) < 4.78 is 54.4. The lowest BCUT2D eigenvalue weighted by Crippen LogP contribution is -2.69. The van der Waals surface area contributed by atoms with Crippen LogP contribution in [0.15, 0.2) is 53.0 Å². The van der Waals surface area contributed by atoms with Crippen molar-refractivity contribution in [2.24, 2.45) is 28.6 Å². The molecule has 0 saturated heterocycles. The van der Waals surface area contributed by atoms with Crippen LogP contribution in [0.5, 0.6) is 0 Å². The molecule has 40 heavy (non-hydrogen) atoms. The van der Waals surface area contributed by atoms with E-state index in [1.54, 1.807) is 20.8 Å². The Morgan fingerprint density at radius 1 is 1.20 bits per heavy atom. The van der Waals surface area contributed by atoms with Crippen LogP contribution in [0.25, 0.3) is 0 Å². The van der Waals surface area contributed by atoms with E-state index in [1.165, 1.54) is 30.4 Å². The van der Waals surface area contributed by atoms with Gasteiger partial charge in [-0.3, -0.25) is 14.1 Å². The summed E-state index contributed by atoms with van der Waals surface area (Å²) in [6.45, 7) is 4.22. The van der Waals surface area contributed by atoms with Crippen LogP contribution in [0.1, 0.15) is 56.8 Å². The summed E-state index contributed by atoms with van der Waals surface area (Å²) in [6, 6.07) is 4.48. The highest BCUT2D eigenvalue weighted by Gasteiger charge is 2.75. The molecule has 11 heteroatoms. The molecule has 0 amide bonds. The second-order valence-corrected chi connectivity index (χ2v) is 13.6. The molecule has 5 rings (SSSR count). The zero-order chi connectivity index (χ0) is 29.5. The second kappa shape index (κ2) is 9.14. The summed E-state index contributed by atoms with van der Waals surface area (Å²) in [6.07, 6.45) is 3.64. The van der Waals surface area contributed by atoms with Gasteiger partial charge in [-0.25, -0.2) is 9.18 Å². The topological polar surface area (TPSA) is 155 Å². The lowest BCUT2D eigenvalue weighted by molar-refractivity contribution is -0.219. The fraction of sp³-hybridized carbons (Fsp3) is 0.552. The van der Waals surface area contributed by atoms with Crippen molar-refractivity contribution in [3.8, 4) is 0 Å². The third-order valence-electron chi connectivity index (χ3n) is 10.3. The number of carbonyl (C=O) groups is 3. The number of aliphatic hydroxyl groups is 2. The number of ketones is 2. The average Bonchev–Trinajstić information content (AvgIpc) is 3.09. The highest BCUT2D eigenvalue weighted by molar-refractivity contribution is 7.85. The predicted octanol–water partition coefficient (Wildman–Crippen LogP) is 3.01. The number of halogens is 1. The smallest absolute Gasteiger partial charge is 0.338 e. The van der Waals surface area contributed by atoms with Crippen LogP contribution < -0.4 is 0 Å². The van der Waals surface area contributed by atoms with E-state index in [0.29, 0.717) is 24.8 Å². The highest BCUT2D eigenvalue weighted by Crippen LogP contribution is 2.70. The van der Waals surface area contributed by atoms with Gasteiger partial charge in [0.05, 0.1) is 16.6 Å². The number of alkyl halides is 1. The third-order valence-corrected chi connectivity index (χ3v) is 11.2. The summed E-state index contributed by atoms with van der Waals surface area (Å²) in [4.78, 5) is 37.7. The number of ether oxygens (including phenoxy) is 1. The first-order valence-corrected chi connectivity index (χ1v) is 14.8. The maximum Gasteiger partial charge on any atom is 0.338 e. The Balaban J connectivity index is 1.41. The van der Waals surface area contributed by atoms with Crippen LogP contribution >= 0.6 is 0 Å². The minimum Gasteiger partial charge on any atom is -0.454 e. The van der Waals surface area contributed by atoms with Crippen molar-refractivity contribution < 1.29 is 46.7 Å². The van der Waals surface area contributed by atoms with Gasteiger partial charge in [0.15, 0.2) is 18.1 Å². The van der Waals surface area contributed by atoms with E-state index < -0.39 is 79.3 Å². The molecule has 216 valence electrons. The molecular weight excluding hydrogens is 543 g/mol. The molecule has 4 aliphatic carbocycles. The van der Waals surface area contributed by atoms with E-state index >= 15 is 4.39 Å². The molecule has 0 radical (unpaired) electrons. The fourth-order valence-electron chi connectivity index (χ4n) is 8.25. The highest BCUT2D eigenvalue weighted by atomic mass is 32.2. The van der Waals surface area contributed by atoms with Crippen LogP contribution in [0.2, 0.25) is 0 Å². The Morgan fingerprint density at radius 2 is 1.90 bits per heavy atom. The number of fused-ring (bicyclic) bond motifs is 5. The number of esters is 1. The van der Waals surface area contributed by atoms with Crippen LogP contribution in [-0.4, -0.2) is 64.7 Å². The molecule has 0 spiro atoms. The minimum atomic E-state index is -4.57. The summed E-state index contributed by atoms with van der Waals surface area (Å²) in [5, 5.41) is 23.4. The summed E-state index contributed by atoms with van der Waals surface area (Å²) in [5.41, 5.74) is -6.17. The van der Waals surface area contributed by atoms with E-state index in [2.05, 4.69) is 0 Å².